The molecule has 0 heterocycles. The fourth-order valence-electron chi connectivity index (χ4n) is 2.34. The molecule has 0 bridgehead atoms. The summed E-state index contributed by atoms with van der Waals surface area (Å²) in [6.07, 6.45) is 0.848. The van der Waals surface area contributed by atoms with Crippen LogP contribution in [0.15, 0.2) is 47.4 Å². The number of carbonyl (C=O) groups is 2. The molecule has 0 radical (unpaired) electrons. The maximum atomic E-state index is 12.4. The van der Waals surface area contributed by atoms with Crippen LogP contribution in [-0.2, 0) is 21.0 Å². The standard InChI is InChI=1S/C19H19ClO5S/c1-4-13-5-7-14(8-6-13)18(21)12(2)25-19(22)15-9-10-16(20)17(11-15)26(3,23)24/h5-12H,4H2,1-3H3. The summed E-state index contributed by atoms with van der Waals surface area (Å²) in [5.41, 5.74) is 1.55. The van der Waals surface area contributed by atoms with Crippen molar-refractivity contribution >= 4 is 33.2 Å². The molecule has 0 aliphatic carbocycles. The number of benzene rings is 2. The largest absolute Gasteiger partial charge is 0.451 e. The average Bonchev–Trinajstić information content (AvgIpc) is 2.60. The maximum absolute atomic E-state index is 12.4. The van der Waals surface area contributed by atoms with Crippen molar-refractivity contribution in [3.05, 3.63) is 64.2 Å². The molecule has 138 valence electrons. The molecule has 0 aromatic heterocycles. The van der Waals surface area contributed by atoms with Crippen LogP contribution in [0, 0.1) is 0 Å². The lowest BCUT2D eigenvalue weighted by Gasteiger charge is -2.13. The number of ether oxygens (including phenoxy) is 1. The van der Waals surface area contributed by atoms with Crippen LogP contribution in [0.4, 0.5) is 0 Å². The number of esters is 1. The van der Waals surface area contributed by atoms with Crippen LogP contribution >= 0.6 is 11.6 Å². The Bertz CT molecular complexity index is 933. The normalized spacial score (nSPS) is 12.5. The summed E-state index contributed by atoms with van der Waals surface area (Å²) in [6.45, 7) is 3.49. The number of hydrogen-bond acceptors (Lipinski definition) is 5. The molecule has 26 heavy (non-hydrogen) atoms. The van der Waals surface area contributed by atoms with Crippen molar-refractivity contribution in [2.75, 3.05) is 6.26 Å². The van der Waals surface area contributed by atoms with Gasteiger partial charge in [-0.2, -0.15) is 0 Å². The van der Waals surface area contributed by atoms with Crippen molar-refractivity contribution in [3.63, 3.8) is 0 Å². The summed E-state index contributed by atoms with van der Waals surface area (Å²) in [7, 11) is -3.59. The Morgan fingerprint density at radius 3 is 2.19 bits per heavy atom. The van der Waals surface area contributed by atoms with Gasteiger partial charge in [-0.1, -0.05) is 42.8 Å². The molecule has 2 aromatic carbocycles. The second-order valence-corrected chi connectivity index (χ2v) is 8.27. The van der Waals surface area contributed by atoms with E-state index in [-0.39, 0.29) is 21.3 Å². The number of hydrogen-bond donors (Lipinski definition) is 0. The number of carbonyl (C=O) groups excluding carboxylic acids is 2. The first kappa shape index (κ1) is 20.1. The number of halogens is 1. The zero-order valence-electron chi connectivity index (χ0n) is 14.7. The van der Waals surface area contributed by atoms with Gasteiger partial charge in [-0.3, -0.25) is 4.79 Å². The van der Waals surface area contributed by atoms with E-state index in [0.717, 1.165) is 24.3 Å². The fourth-order valence-corrected chi connectivity index (χ4v) is 3.64. The molecule has 5 nitrogen and oxygen atoms in total. The lowest BCUT2D eigenvalue weighted by molar-refractivity contribution is 0.0318. The van der Waals surface area contributed by atoms with Crippen LogP contribution in [-0.4, -0.2) is 32.5 Å². The molecule has 0 spiro atoms. The number of rotatable bonds is 6. The summed E-state index contributed by atoms with van der Waals surface area (Å²) >= 11 is 5.86. The van der Waals surface area contributed by atoms with Gasteiger partial charge in [0.25, 0.3) is 0 Å². The van der Waals surface area contributed by atoms with E-state index < -0.39 is 21.9 Å². The highest BCUT2D eigenvalue weighted by Gasteiger charge is 2.22. The Morgan fingerprint density at radius 2 is 1.65 bits per heavy atom. The third-order valence-corrected chi connectivity index (χ3v) is 5.44. The van der Waals surface area contributed by atoms with Gasteiger partial charge in [0.15, 0.2) is 15.9 Å². The third-order valence-electron chi connectivity index (χ3n) is 3.87. The number of ketones is 1. The molecule has 0 N–H and O–H groups in total. The van der Waals surface area contributed by atoms with Crippen LogP contribution < -0.4 is 0 Å². The van der Waals surface area contributed by atoms with Gasteiger partial charge in [0, 0.05) is 11.8 Å². The monoisotopic (exact) mass is 394 g/mol. The molecule has 1 unspecified atom stereocenters. The van der Waals surface area contributed by atoms with Gasteiger partial charge < -0.3 is 4.74 Å². The SMILES string of the molecule is CCc1ccc(C(=O)C(C)OC(=O)c2ccc(Cl)c(S(C)(=O)=O)c2)cc1. The predicted octanol–water partition coefficient (Wildman–Crippen LogP) is 3.73. The summed E-state index contributed by atoms with van der Waals surface area (Å²) < 4.78 is 28.6. The predicted molar refractivity (Wildman–Crippen MR) is 99.6 cm³/mol. The van der Waals surface area contributed by atoms with Crippen molar-refractivity contribution in [2.45, 2.75) is 31.3 Å². The zero-order valence-corrected chi connectivity index (χ0v) is 16.2. The van der Waals surface area contributed by atoms with Gasteiger partial charge in [0.1, 0.15) is 0 Å². The summed E-state index contributed by atoms with van der Waals surface area (Å²) in [5, 5.41) is 0.0178. The summed E-state index contributed by atoms with van der Waals surface area (Å²) in [5.74, 6) is -1.13. The van der Waals surface area contributed by atoms with Gasteiger partial charge in [-0.25, -0.2) is 13.2 Å². The number of aryl methyl sites for hydroxylation is 1. The zero-order chi connectivity index (χ0) is 19.5. The molecule has 1 atom stereocenters. The molecule has 0 aliphatic heterocycles. The van der Waals surface area contributed by atoms with E-state index in [9.17, 15) is 18.0 Å². The van der Waals surface area contributed by atoms with Crippen LogP contribution in [0.2, 0.25) is 5.02 Å². The lowest BCUT2D eigenvalue weighted by atomic mass is 10.0. The Kier molecular flexibility index (Phi) is 6.21. The van der Waals surface area contributed by atoms with E-state index in [0.29, 0.717) is 5.56 Å². The minimum absolute atomic E-state index is 0.0100. The minimum atomic E-state index is -3.59. The quantitative estimate of drug-likeness (QED) is 0.551. The molecule has 0 aliphatic rings. The Hall–Kier alpha value is -2.18. The molecule has 2 aromatic rings. The molecule has 0 saturated carbocycles. The third kappa shape index (κ3) is 4.71. The Balaban J connectivity index is 2.17. The molecule has 0 amide bonds. The average molecular weight is 395 g/mol. The van der Waals surface area contributed by atoms with Crippen molar-refractivity contribution < 1.29 is 22.7 Å². The van der Waals surface area contributed by atoms with Crippen LogP contribution in [0.1, 0.15) is 40.1 Å². The molecular formula is C19H19ClO5S. The maximum Gasteiger partial charge on any atom is 0.338 e. The second kappa shape index (κ2) is 8.01. The van der Waals surface area contributed by atoms with Gasteiger partial charge in [0.05, 0.1) is 15.5 Å². The molecule has 0 saturated heterocycles. The van der Waals surface area contributed by atoms with Crippen molar-refractivity contribution in [2.24, 2.45) is 0 Å². The van der Waals surface area contributed by atoms with E-state index in [1.807, 2.05) is 19.1 Å². The molecule has 7 heteroatoms. The minimum Gasteiger partial charge on any atom is -0.451 e. The summed E-state index contributed by atoms with van der Waals surface area (Å²) in [4.78, 5) is 24.5. The van der Waals surface area contributed by atoms with Crippen molar-refractivity contribution in [1.29, 1.82) is 0 Å². The number of Topliss-reactive ketones (excluding diaryl/α,β-unsaturated/α-hetero) is 1. The van der Waals surface area contributed by atoms with E-state index in [2.05, 4.69) is 0 Å². The highest BCUT2D eigenvalue weighted by Crippen LogP contribution is 2.23. The Morgan fingerprint density at radius 1 is 1.08 bits per heavy atom. The first-order valence-electron chi connectivity index (χ1n) is 7.97. The Labute approximate surface area is 157 Å². The topological polar surface area (TPSA) is 77.5 Å². The summed E-state index contributed by atoms with van der Waals surface area (Å²) in [6, 6.07) is 10.9. The highest BCUT2D eigenvalue weighted by atomic mass is 35.5. The molecule has 2 rings (SSSR count). The second-order valence-electron chi connectivity index (χ2n) is 5.88. The van der Waals surface area contributed by atoms with E-state index in [4.69, 9.17) is 16.3 Å². The molecular weight excluding hydrogens is 376 g/mol. The van der Waals surface area contributed by atoms with E-state index in [1.165, 1.54) is 19.1 Å². The first-order chi connectivity index (χ1) is 12.1. The molecule has 0 fully saturated rings. The van der Waals surface area contributed by atoms with E-state index >= 15 is 0 Å². The lowest BCUT2D eigenvalue weighted by Crippen LogP contribution is -2.24. The van der Waals surface area contributed by atoms with Crippen LogP contribution in [0.5, 0.6) is 0 Å². The van der Waals surface area contributed by atoms with Gasteiger partial charge in [-0.05, 0) is 37.1 Å². The fraction of sp³-hybridized carbons (Fsp3) is 0.263. The van der Waals surface area contributed by atoms with Crippen molar-refractivity contribution in [1.82, 2.24) is 0 Å². The smallest absolute Gasteiger partial charge is 0.338 e. The van der Waals surface area contributed by atoms with Gasteiger partial charge in [-0.15, -0.1) is 0 Å². The van der Waals surface area contributed by atoms with Crippen molar-refractivity contribution in [3.8, 4) is 0 Å². The van der Waals surface area contributed by atoms with Crippen LogP contribution in [0.3, 0.4) is 0 Å². The number of sulfone groups is 1. The highest BCUT2D eigenvalue weighted by molar-refractivity contribution is 7.90. The van der Waals surface area contributed by atoms with Crippen LogP contribution in [0.25, 0.3) is 0 Å². The van der Waals surface area contributed by atoms with E-state index in [1.54, 1.807) is 12.1 Å². The van der Waals surface area contributed by atoms with Gasteiger partial charge >= 0.3 is 5.97 Å². The van der Waals surface area contributed by atoms with Gasteiger partial charge in [0.2, 0.25) is 5.78 Å². The first-order valence-corrected chi connectivity index (χ1v) is 10.2.